The van der Waals surface area contributed by atoms with E-state index in [1.54, 1.807) is 31.7 Å². The molecule has 3 atom stereocenters. The Kier molecular flexibility index (Phi) is 8.18. The molecule has 0 spiro atoms. The molecule has 11 heteroatoms. The van der Waals surface area contributed by atoms with Crippen molar-refractivity contribution in [1.82, 2.24) is 24.8 Å². The van der Waals surface area contributed by atoms with Gasteiger partial charge in [-0.25, -0.2) is 9.97 Å². The quantitative estimate of drug-likeness (QED) is 0.237. The van der Waals surface area contributed by atoms with Gasteiger partial charge in [-0.15, -0.1) is 0 Å². The SMILES string of the molecule is CO[C@H]1C[C@H](NC(=O)c2cc(Cl)ccn2)C[C@H](n2c(-c3ccccc3OCCO)nc3ccc(-c4ncco4)cc32)C1. The molecule has 1 aliphatic rings. The first kappa shape index (κ1) is 27.9. The van der Waals surface area contributed by atoms with Gasteiger partial charge in [0.25, 0.3) is 5.91 Å². The molecule has 0 bridgehead atoms. The van der Waals surface area contributed by atoms with E-state index in [2.05, 4.69) is 19.9 Å². The number of pyridine rings is 1. The van der Waals surface area contributed by atoms with E-state index in [-0.39, 0.29) is 43.0 Å². The number of fused-ring (bicyclic) bond motifs is 1. The Balaban J connectivity index is 1.43. The maximum absolute atomic E-state index is 13.1. The Bertz CT molecular complexity index is 1690. The van der Waals surface area contributed by atoms with E-state index >= 15 is 0 Å². The van der Waals surface area contributed by atoms with Gasteiger partial charge in [-0.1, -0.05) is 23.7 Å². The van der Waals surface area contributed by atoms with Crippen molar-refractivity contribution in [2.45, 2.75) is 37.5 Å². The number of oxazole rings is 1. The third-order valence-electron chi connectivity index (χ3n) is 7.47. The van der Waals surface area contributed by atoms with Crippen LogP contribution in [0.2, 0.25) is 5.02 Å². The highest BCUT2D eigenvalue weighted by molar-refractivity contribution is 6.30. The molecular formula is C31H30ClN5O5. The molecule has 3 aromatic heterocycles. The number of hydrogen-bond donors (Lipinski definition) is 2. The van der Waals surface area contributed by atoms with Crippen molar-refractivity contribution < 1.29 is 23.8 Å². The van der Waals surface area contributed by atoms with Gasteiger partial charge in [0.05, 0.1) is 35.5 Å². The summed E-state index contributed by atoms with van der Waals surface area (Å²) in [7, 11) is 1.69. The van der Waals surface area contributed by atoms with Gasteiger partial charge >= 0.3 is 0 Å². The van der Waals surface area contributed by atoms with Crippen LogP contribution in [-0.2, 0) is 4.74 Å². The first-order valence-corrected chi connectivity index (χ1v) is 14.1. The molecule has 2 N–H and O–H groups in total. The van der Waals surface area contributed by atoms with Crippen molar-refractivity contribution in [2.75, 3.05) is 20.3 Å². The number of nitrogens with one attached hydrogen (secondary N) is 1. The lowest BCUT2D eigenvalue weighted by atomic mass is 9.87. The number of carbonyl (C=O) groups is 1. The molecule has 0 aliphatic heterocycles. The molecule has 3 heterocycles. The summed E-state index contributed by atoms with van der Waals surface area (Å²) in [4.78, 5) is 26.7. The van der Waals surface area contributed by atoms with Gasteiger partial charge in [0.15, 0.2) is 0 Å². The molecular weight excluding hydrogens is 558 g/mol. The fourth-order valence-corrected chi connectivity index (χ4v) is 5.79. The molecule has 2 aromatic carbocycles. The van der Waals surface area contributed by atoms with Gasteiger partial charge in [0, 0.05) is 36.0 Å². The van der Waals surface area contributed by atoms with Crippen LogP contribution in [0.5, 0.6) is 5.75 Å². The second-order valence-corrected chi connectivity index (χ2v) is 10.6. The van der Waals surface area contributed by atoms with Crippen molar-refractivity contribution in [3.8, 4) is 28.6 Å². The van der Waals surface area contributed by atoms with Crippen molar-refractivity contribution >= 4 is 28.5 Å². The number of halogens is 1. The summed E-state index contributed by atoms with van der Waals surface area (Å²) in [6, 6.07) is 16.5. The first-order chi connectivity index (χ1) is 20.5. The van der Waals surface area contributed by atoms with Crippen molar-refractivity contribution in [3.63, 3.8) is 0 Å². The zero-order valence-electron chi connectivity index (χ0n) is 22.9. The molecule has 0 unspecified atom stereocenters. The zero-order valence-corrected chi connectivity index (χ0v) is 23.7. The van der Waals surface area contributed by atoms with E-state index in [1.165, 1.54) is 6.20 Å². The van der Waals surface area contributed by atoms with E-state index in [0.29, 0.717) is 41.7 Å². The second kappa shape index (κ2) is 12.3. The second-order valence-electron chi connectivity index (χ2n) is 10.2. The smallest absolute Gasteiger partial charge is 0.270 e. The Morgan fingerprint density at radius 1 is 1.12 bits per heavy atom. The number of aliphatic hydroxyl groups excluding tert-OH is 1. The van der Waals surface area contributed by atoms with Crippen LogP contribution in [0.4, 0.5) is 0 Å². The number of nitrogens with zero attached hydrogens (tertiary/aromatic N) is 4. The zero-order chi connectivity index (χ0) is 29.1. The third-order valence-corrected chi connectivity index (χ3v) is 7.71. The van der Waals surface area contributed by atoms with Crippen molar-refractivity contribution in [1.29, 1.82) is 0 Å². The van der Waals surface area contributed by atoms with Crippen LogP contribution in [0.25, 0.3) is 33.9 Å². The molecule has 1 aliphatic carbocycles. The molecule has 0 radical (unpaired) electrons. The van der Waals surface area contributed by atoms with Gasteiger partial charge in [-0.2, -0.15) is 0 Å². The van der Waals surface area contributed by atoms with E-state index in [0.717, 1.165) is 22.2 Å². The highest BCUT2D eigenvalue weighted by Crippen LogP contribution is 2.40. The number of ether oxygens (including phenoxy) is 2. The van der Waals surface area contributed by atoms with Crippen molar-refractivity contribution in [3.05, 3.63) is 84.0 Å². The molecule has 42 heavy (non-hydrogen) atoms. The fourth-order valence-electron chi connectivity index (χ4n) is 5.63. The van der Waals surface area contributed by atoms with E-state index in [1.807, 2.05) is 42.5 Å². The summed E-state index contributed by atoms with van der Waals surface area (Å²) >= 11 is 6.11. The number of benzene rings is 2. The monoisotopic (exact) mass is 587 g/mol. The topological polar surface area (TPSA) is 125 Å². The van der Waals surface area contributed by atoms with Gasteiger partial charge in [-0.3, -0.25) is 9.78 Å². The summed E-state index contributed by atoms with van der Waals surface area (Å²) in [5, 5.41) is 13.0. The van der Waals surface area contributed by atoms with Gasteiger partial charge < -0.3 is 28.9 Å². The molecule has 0 saturated heterocycles. The van der Waals surface area contributed by atoms with Crippen LogP contribution in [0.3, 0.4) is 0 Å². The number of para-hydroxylation sites is 1. The Hall–Kier alpha value is -4.25. The lowest BCUT2D eigenvalue weighted by Gasteiger charge is -2.36. The lowest BCUT2D eigenvalue weighted by molar-refractivity contribution is 0.0397. The van der Waals surface area contributed by atoms with Crippen LogP contribution in [-0.4, -0.2) is 63.0 Å². The standard InChI is InChI=1S/C31H30ClN5O5/c1-40-23-17-21(35-30(39)26-15-20(32)8-9-33-26)16-22(18-23)37-27-14-19(31-34-10-12-42-31)6-7-25(27)36-29(37)24-4-2-3-5-28(24)41-13-11-38/h2-10,12,14-15,21-23,38H,11,13,16-18H2,1H3,(H,35,39)/t21-,22+,23+/m1/s1. The van der Waals surface area contributed by atoms with E-state index in [4.69, 9.17) is 30.5 Å². The maximum Gasteiger partial charge on any atom is 0.270 e. The van der Waals surface area contributed by atoms with E-state index < -0.39 is 0 Å². The summed E-state index contributed by atoms with van der Waals surface area (Å²) in [6.07, 6.45) is 6.56. The molecule has 5 aromatic rings. The average molecular weight is 588 g/mol. The summed E-state index contributed by atoms with van der Waals surface area (Å²) in [5.74, 6) is 1.55. The minimum Gasteiger partial charge on any atom is -0.490 e. The molecule has 10 nitrogen and oxygen atoms in total. The Labute approximate surface area is 247 Å². The number of imidazole rings is 1. The molecule has 1 saturated carbocycles. The number of hydrogen-bond acceptors (Lipinski definition) is 8. The van der Waals surface area contributed by atoms with Crippen LogP contribution in [0, 0.1) is 0 Å². The summed E-state index contributed by atoms with van der Waals surface area (Å²) < 4.78 is 19.6. The van der Waals surface area contributed by atoms with Gasteiger partial charge in [-0.05, 0) is 61.7 Å². The Morgan fingerprint density at radius 3 is 2.79 bits per heavy atom. The number of aliphatic hydroxyl groups is 1. The first-order valence-electron chi connectivity index (χ1n) is 13.7. The summed E-state index contributed by atoms with van der Waals surface area (Å²) in [6.45, 7) is 0.0532. The highest BCUT2D eigenvalue weighted by atomic mass is 35.5. The molecule has 216 valence electrons. The van der Waals surface area contributed by atoms with E-state index in [9.17, 15) is 9.90 Å². The average Bonchev–Trinajstić information content (AvgIpc) is 3.68. The normalized spacial score (nSPS) is 18.7. The third kappa shape index (κ3) is 5.74. The molecule has 1 amide bonds. The number of rotatable bonds is 9. The van der Waals surface area contributed by atoms with Crippen LogP contribution in [0.1, 0.15) is 35.8 Å². The maximum atomic E-state index is 13.1. The lowest BCUT2D eigenvalue weighted by Crippen LogP contribution is -2.43. The van der Waals surface area contributed by atoms with Crippen LogP contribution in [0.15, 0.2) is 77.7 Å². The number of aromatic nitrogens is 4. The number of carbonyl (C=O) groups excluding carboxylic acids is 1. The van der Waals surface area contributed by atoms with Crippen LogP contribution < -0.4 is 10.1 Å². The Morgan fingerprint density at radius 2 is 2.00 bits per heavy atom. The van der Waals surface area contributed by atoms with Gasteiger partial charge in [0.2, 0.25) is 5.89 Å². The van der Waals surface area contributed by atoms with Crippen LogP contribution >= 0.6 is 11.6 Å². The van der Waals surface area contributed by atoms with Crippen molar-refractivity contribution in [2.24, 2.45) is 0 Å². The fraction of sp³-hybridized carbons (Fsp3) is 0.290. The largest absolute Gasteiger partial charge is 0.490 e. The molecule has 1 fully saturated rings. The highest BCUT2D eigenvalue weighted by Gasteiger charge is 2.34. The minimum absolute atomic E-state index is 0.0907. The minimum atomic E-state index is -0.289. The number of amides is 1. The molecule has 6 rings (SSSR count). The predicted octanol–water partition coefficient (Wildman–Crippen LogP) is 5.32. The summed E-state index contributed by atoms with van der Waals surface area (Å²) in [5.41, 5.74) is 3.56. The predicted molar refractivity (Wildman–Crippen MR) is 157 cm³/mol. The van der Waals surface area contributed by atoms with Gasteiger partial charge in [0.1, 0.15) is 30.1 Å². The number of methoxy groups -OCH3 is 1.